The highest BCUT2D eigenvalue weighted by Gasteiger charge is 2.22. The minimum atomic E-state index is 0.341. The van der Waals surface area contributed by atoms with Gasteiger partial charge in [-0.1, -0.05) is 32.8 Å². The van der Waals surface area contributed by atoms with Crippen LogP contribution in [-0.4, -0.2) is 14.5 Å². The number of imidazole rings is 1. The van der Waals surface area contributed by atoms with E-state index in [2.05, 4.69) is 68.7 Å². The smallest absolute Gasteiger partial charge is 0.160 e. The predicted molar refractivity (Wildman–Crippen MR) is 91.8 cm³/mol. The molecule has 3 nitrogen and oxygen atoms in total. The van der Waals surface area contributed by atoms with Crippen molar-refractivity contribution in [2.45, 2.75) is 32.7 Å². The molecule has 0 aliphatic carbocycles. The highest BCUT2D eigenvalue weighted by molar-refractivity contribution is 9.11. The Morgan fingerprint density at radius 3 is 2.76 bits per heavy atom. The summed E-state index contributed by atoms with van der Waals surface area (Å²) >= 11 is 5.16. The molecule has 0 amide bonds. The van der Waals surface area contributed by atoms with Crippen LogP contribution in [0.1, 0.15) is 38.3 Å². The summed E-state index contributed by atoms with van der Waals surface area (Å²) in [5.74, 6) is 0.605. The molecule has 2 aromatic heterocycles. The quantitative estimate of drug-likeness (QED) is 0.617. The predicted octanol–water partition coefficient (Wildman–Crippen LogP) is 5.28. The van der Waals surface area contributed by atoms with Crippen molar-refractivity contribution in [1.82, 2.24) is 14.5 Å². The molecule has 2 heterocycles. The van der Waals surface area contributed by atoms with Crippen LogP contribution in [0.5, 0.6) is 0 Å². The van der Waals surface area contributed by atoms with E-state index >= 15 is 0 Å². The Morgan fingerprint density at radius 2 is 2.10 bits per heavy atom. The average molecular weight is 364 g/mol. The Hall–Kier alpha value is -1.20. The van der Waals surface area contributed by atoms with Crippen LogP contribution in [0, 0.1) is 5.92 Å². The molecular formula is C16H18BrN3S. The number of fused-ring (bicyclic) bond motifs is 1. The van der Waals surface area contributed by atoms with Crippen molar-refractivity contribution in [1.29, 1.82) is 0 Å². The van der Waals surface area contributed by atoms with Crippen LogP contribution < -0.4 is 0 Å². The molecule has 21 heavy (non-hydrogen) atoms. The molecule has 0 N–H and O–H groups in total. The van der Waals surface area contributed by atoms with Crippen molar-refractivity contribution < 1.29 is 0 Å². The third-order valence-corrected chi connectivity index (χ3v) is 5.54. The lowest BCUT2D eigenvalue weighted by atomic mass is 9.88. The van der Waals surface area contributed by atoms with Crippen LogP contribution >= 0.6 is 27.3 Å². The van der Waals surface area contributed by atoms with Gasteiger partial charge in [0.1, 0.15) is 0 Å². The first kappa shape index (κ1) is 14.7. The van der Waals surface area contributed by atoms with Gasteiger partial charge in [0.2, 0.25) is 0 Å². The molecule has 0 bridgehead atoms. The van der Waals surface area contributed by atoms with Gasteiger partial charge in [0.25, 0.3) is 0 Å². The summed E-state index contributed by atoms with van der Waals surface area (Å²) in [6, 6.07) is 6.95. The number of benzene rings is 1. The van der Waals surface area contributed by atoms with E-state index in [9.17, 15) is 0 Å². The highest BCUT2D eigenvalue weighted by atomic mass is 79.9. The molecule has 0 aliphatic rings. The number of thiazole rings is 1. The maximum Gasteiger partial charge on any atom is 0.160 e. The Bertz CT molecular complexity index is 716. The van der Waals surface area contributed by atoms with E-state index < -0.39 is 0 Å². The molecule has 0 fully saturated rings. The lowest BCUT2D eigenvalue weighted by Gasteiger charge is -2.27. The molecule has 3 rings (SSSR count). The molecule has 0 spiro atoms. The summed E-state index contributed by atoms with van der Waals surface area (Å²) in [6.07, 6.45) is 8.16. The zero-order valence-corrected chi connectivity index (χ0v) is 14.6. The van der Waals surface area contributed by atoms with Gasteiger partial charge in [0, 0.05) is 12.4 Å². The van der Waals surface area contributed by atoms with Crippen LogP contribution in [0.3, 0.4) is 0 Å². The fraction of sp³-hybridized carbons (Fsp3) is 0.375. The normalized spacial score (nSPS) is 13.1. The van der Waals surface area contributed by atoms with Crippen molar-refractivity contribution in [2.24, 2.45) is 5.92 Å². The second kappa shape index (κ2) is 6.28. The Balaban J connectivity index is 2.08. The van der Waals surface area contributed by atoms with E-state index in [1.54, 1.807) is 11.3 Å². The second-order valence-electron chi connectivity index (χ2n) is 5.23. The van der Waals surface area contributed by atoms with Gasteiger partial charge < -0.3 is 4.57 Å². The van der Waals surface area contributed by atoms with Crippen molar-refractivity contribution in [3.63, 3.8) is 0 Å². The lowest BCUT2D eigenvalue weighted by Crippen LogP contribution is -2.18. The molecule has 0 saturated heterocycles. The fourth-order valence-electron chi connectivity index (χ4n) is 2.95. The van der Waals surface area contributed by atoms with Crippen LogP contribution in [0.15, 0.2) is 40.8 Å². The zero-order valence-electron chi connectivity index (χ0n) is 12.2. The summed E-state index contributed by atoms with van der Waals surface area (Å²) in [4.78, 5) is 8.71. The average Bonchev–Trinajstić information content (AvgIpc) is 3.11. The Morgan fingerprint density at radius 1 is 1.29 bits per heavy atom. The van der Waals surface area contributed by atoms with Gasteiger partial charge in [-0.25, -0.2) is 9.97 Å². The van der Waals surface area contributed by atoms with E-state index in [0.29, 0.717) is 12.0 Å². The first-order valence-electron chi connectivity index (χ1n) is 7.26. The molecular weight excluding hydrogens is 346 g/mol. The minimum absolute atomic E-state index is 0.341. The topological polar surface area (TPSA) is 30.7 Å². The second-order valence-corrected chi connectivity index (χ2v) is 7.53. The molecule has 0 saturated carbocycles. The number of halogens is 1. The Labute approximate surface area is 137 Å². The molecule has 3 aromatic rings. The van der Waals surface area contributed by atoms with Crippen LogP contribution in [0.2, 0.25) is 0 Å². The summed E-state index contributed by atoms with van der Waals surface area (Å²) in [7, 11) is 0. The van der Waals surface area contributed by atoms with Gasteiger partial charge >= 0.3 is 0 Å². The van der Waals surface area contributed by atoms with E-state index in [-0.39, 0.29) is 0 Å². The number of aromatic nitrogens is 3. The van der Waals surface area contributed by atoms with Gasteiger partial charge in [0.15, 0.2) is 3.92 Å². The van der Waals surface area contributed by atoms with Crippen LogP contribution in [0.4, 0.5) is 0 Å². The fourth-order valence-corrected chi connectivity index (χ4v) is 4.41. The largest absolute Gasteiger partial charge is 0.330 e. The van der Waals surface area contributed by atoms with Gasteiger partial charge in [-0.3, -0.25) is 0 Å². The number of rotatable bonds is 5. The van der Waals surface area contributed by atoms with Crippen molar-refractivity contribution >= 4 is 37.5 Å². The summed E-state index contributed by atoms with van der Waals surface area (Å²) in [5, 5.41) is 0. The summed E-state index contributed by atoms with van der Waals surface area (Å²) in [5.41, 5.74) is 2.40. The third kappa shape index (κ3) is 2.90. The summed E-state index contributed by atoms with van der Waals surface area (Å²) < 4.78 is 4.40. The van der Waals surface area contributed by atoms with E-state index in [0.717, 1.165) is 22.3 Å². The van der Waals surface area contributed by atoms with Gasteiger partial charge in [-0.05, 0) is 39.5 Å². The first-order chi connectivity index (χ1) is 10.2. The maximum absolute atomic E-state index is 4.48. The molecule has 1 aromatic carbocycles. The zero-order chi connectivity index (χ0) is 14.8. The van der Waals surface area contributed by atoms with Crippen molar-refractivity contribution in [3.05, 3.63) is 46.4 Å². The molecule has 110 valence electrons. The molecule has 5 heteroatoms. The monoisotopic (exact) mass is 363 g/mol. The van der Waals surface area contributed by atoms with Crippen molar-refractivity contribution in [3.8, 4) is 0 Å². The van der Waals surface area contributed by atoms with E-state index in [4.69, 9.17) is 0 Å². The maximum atomic E-state index is 4.48. The molecule has 1 atom stereocenters. The number of nitrogens with zero attached hydrogens (tertiary/aromatic N) is 3. The van der Waals surface area contributed by atoms with Crippen LogP contribution in [-0.2, 0) is 0 Å². The third-order valence-electron chi connectivity index (χ3n) is 4.07. The van der Waals surface area contributed by atoms with E-state index in [1.807, 2.05) is 12.5 Å². The minimum Gasteiger partial charge on any atom is -0.330 e. The number of hydrogen-bond donors (Lipinski definition) is 0. The molecule has 1 unspecified atom stereocenters. The standard InChI is InChI=1S/C16H18BrN3S/c1-3-11(4-2)15(20-8-7-18-10-20)12-5-6-13-14(9-12)21-16(17)19-13/h5-11,15H,3-4H2,1-2H3. The number of hydrogen-bond acceptors (Lipinski definition) is 3. The van der Waals surface area contributed by atoms with Gasteiger partial charge in [-0.2, -0.15) is 0 Å². The van der Waals surface area contributed by atoms with Crippen molar-refractivity contribution in [2.75, 3.05) is 0 Å². The lowest BCUT2D eigenvalue weighted by molar-refractivity contribution is 0.355. The highest BCUT2D eigenvalue weighted by Crippen LogP contribution is 2.34. The van der Waals surface area contributed by atoms with Gasteiger partial charge in [-0.15, -0.1) is 11.3 Å². The summed E-state index contributed by atoms with van der Waals surface area (Å²) in [6.45, 7) is 4.53. The molecule has 0 radical (unpaired) electrons. The van der Waals surface area contributed by atoms with E-state index in [1.165, 1.54) is 10.3 Å². The SMILES string of the molecule is CCC(CC)C(c1ccc2nc(Br)sc2c1)n1ccnc1. The Kier molecular flexibility index (Phi) is 4.40. The van der Waals surface area contributed by atoms with Gasteiger partial charge in [0.05, 0.1) is 22.6 Å². The molecule has 0 aliphatic heterocycles. The van der Waals surface area contributed by atoms with Crippen LogP contribution in [0.25, 0.3) is 10.2 Å². The first-order valence-corrected chi connectivity index (χ1v) is 8.87.